The summed E-state index contributed by atoms with van der Waals surface area (Å²) in [6.07, 6.45) is 0. The zero-order chi connectivity index (χ0) is 13.2. The number of hydrogen-bond donors (Lipinski definition) is 8. The van der Waals surface area contributed by atoms with Crippen LogP contribution in [0.25, 0.3) is 0 Å². The van der Waals surface area contributed by atoms with Gasteiger partial charge in [0.15, 0.2) is 0 Å². The Morgan fingerprint density at radius 2 is 0.824 bits per heavy atom. The van der Waals surface area contributed by atoms with Crippen molar-refractivity contribution in [2.75, 3.05) is 26.2 Å². The van der Waals surface area contributed by atoms with E-state index in [2.05, 4.69) is 10.6 Å². The van der Waals surface area contributed by atoms with E-state index in [0.717, 1.165) is 26.2 Å². The average Bonchev–Trinajstić information content (AvgIpc) is 2.01. The fourth-order valence-corrected chi connectivity index (χ4v) is 0.604. The second kappa shape index (κ2) is 12.0. The van der Waals surface area contributed by atoms with Gasteiger partial charge in [0, 0.05) is 26.2 Å². The Hall–Kier alpha value is 0.906. The van der Waals surface area contributed by atoms with E-state index in [1.54, 1.807) is 0 Å². The van der Waals surface area contributed by atoms with Crippen LogP contribution in [0.3, 0.4) is 0 Å². The fourth-order valence-electron chi connectivity index (χ4n) is 0.604. The second-order valence-electron chi connectivity index (χ2n) is 2.53. The molecule has 0 amide bonds. The number of phosphoric acid groups is 2. The first kappa shape index (κ1) is 23.0. The topological polar surface area (TPSA) is 180 Å². The molecule has 0 atom stereocenters. The van der Waals surface area contributed by atoms with Gasteiger partial charge in [-0.05, 0) is 0 Å². The molecule has 0 saturated carbocycles. The molecule has 0 unspecified atom stereocenters. The van der Waals surface area contributed by atoms with Crippen molar-refractivity contribution < 1.29 is 41.3 Å². The molecule has 0 aromatic rings. The summed E-state index contributed by atoms with van der Waals surface area (Å²) in [5.41, 5.74) is 0. The summed E-state index contributed by atoms with van der Waals surface area (Å²) in [5, 5.41) is 6.44. The zero-order valence-corrected chi connectivity index (χ0v) is 12.1. The summed E-state index contributed by atoms with van der Waals surface area (Å²) in [6, 6.07) is 0. The summed E-state index contributed by atoms with van der Waals surface area (Å²) in [4.78, 5) is 43.1. The molecule has 13 heteroatoms. The minimum atomic E-state index is -4.64. The molecule has 0 radical (unpaired) electrons. The summed E-state index contributed by atoms with van der Waals surface area (Å²) in [5.74, 6) is 0. The number of piperazine rings is 1. The number of nitrogens with one attached hydrogen (secondary N) is 2. The van der Waals surface area contributed by atoms with Gasteiger partial charge in [-0.3, -0.25) is 0 Å². The Kier molecular flexibility index (Phi) is 16.2. The standard InChI is InChI=1S/C4H10N2.Mg.2H3O4P.2H/c1-2-6-4-3-5-1;;2*1-5(2,3)4;;/h5-6H,1-4H2;;2*(H3,1,2,3,4);;/q;+2;;;2*-1. The Balaban J connectivity index is -0.0000000482. The van der Waals surface area contributed by atoms with Crippen molar-refractivity contribution in [3.8, 4) is 0 Å². The van der Waals surface area contributed by atoms with Gasteiger partial charge in [0.1, 0.15) is 0 Å². The molecule has 1 rings (SSSR count). The van der Waals surface area contributed by atoms with E-state index in [1.165, 1.54) is 0 Å². The molecule has 0 aliphatic carbocycles. The molecule has 0 aromatic carbocycles. The number of rotatable bonds is 0. The maximum Gasteiger partial charge on any atom is 2.00 e. The third kappa shape index (κ3) is 78.8. The van der Waals surface area contributed by atoms with Gasteiger partial charge in [-0.25, -0.2) is 9.13 Å². The van der Waals surface area contributed by atoms with Gasteiger partial charge in [0.05, 0.1) is 0 Å². The molecular formula is C4H18MgN2O8P2. The van der Waals surface area contributed by atoms with Crippen molar-refractivity contribution in [1.29, 1.82) is 0 Å². The summed E-state index contributed by atoms with van der Waals surface area (Å²) in [6.45, 7) is 4.56. The largest absolute Gasteiger partial charge is 2.00 e. The van der Waals surface area contributed by atoms with Crippen molar-refractivity contribution in [1.82, 2.24) is 10.6 Å². The Labute approximate surface area is 117 Å². The molecular weight excluding hydrogens is 290 g/mol. The minimum absolute atomic E-state index is 0. The Morgan fingerprint density at radius 1 is 0.706 bits per heavy atom. The van der Waals surface area contributed by atoms with Crippen LogP contribution in [0.2, 0.25) is 0 Å². The van der Waals surface area contributed by atoms with Crippen molar-refractivity contribution in [3.05, 3.63) is 0 Å². The second-order valence-corrected chi connectivity index (χ2v) is 4.58. The van der Waals surface area contributed by atoms with Crippen LogP contribution < -0.4 is 10.6 Å². The SMILES string of the molecule is C1CNCCN1.O=P(O)(O)O.O=P(O)(O)O.[H-].[H-].[Mg+2]. The molecule has 1 saturated heterocycles. The first-order valence-corrected chi connectivity index (χ1v) is 7.11. The summed E-state index contributed by atoms with van der Waals surface area (Å²) < 4.78 is 17.8. The van der Waals surface area contributed by atoms with Crippen LogP contribution in [0.4, 0.5) is 0 Å². The van der Waals surface area contributed by atoms with Gasteiger partial charge < -0.3 is 42.8 Å². The Bertz CT molecular complexity index is 211. The van der Waals surface area contributed by atoms with Crippen LogP contribution >= 0.6 is 15.6 Å². The van der Waals surface area contributed by atoms with E-state index < -0.39 is 15.6 Å². The fraction of sp³-hybridized carbons (Fsp3) is 1.00. The van der Waals surface area contributed by atoms with E-state index in [0.29, 0.717) is 0 Å². The van der Waals surface area contributed by atoms with Crippen molar-refractivity contribution in [2.24, 2.45) is 0 Å². The molecule has 1 aliphatic rings. The third-order valence-electron chi connectivity index (χ3n) is 0.957. The summed E-state index contributed by atoms with van der Waals surface area (Å²) in [7, 11) is -9.28. The zero-order valence-electron chi connectivity index (χ0n) is 10.9. The van der Waals surface area contributed by atoms with Crippen molar-refractivity contribution in [3.63, 3.8) is 0 Å². The quantitative estimate of drug-likeness (QED) is 0.172. The van der Waals surface area contributed by atoms with E-state index >= 15 is 0 Å². The first-order chi connectivity index (χ1) is 7.00. The maximum atomic E-state index is 8.88. The van der Waals surface area contributed by atoms with E-state index in [1.807, 2.05) is 0 Å². The molecule has 10 nitrogen and oxygen atoms in total. The van der Waals surface area contributed by atoms with Crippen LogP contribution in [0.15, 0.2) is 0 Å². The molecule has 0 spiro atoms. The van der Waals surface area contributed by atoms with Crippen LogP contribution in [-0.2, 0) is 9.13 Å². The van der Waals surface area contributed by atoms with Gasteiger partial charge in [-0.15, -0.1) is 0 Å². The molecule has 8 N–H and O–H groups in total. The maximum absolute atomic E-state index is 8.88. The average molecular weight is 308 g/mol. The predicted molar refractivity (Wildman–Crippen MR) is 62.2 cm³/mol. The molecule has 17 heavy (non-hydrogen) atoms. The molecule has 104 valence electrons. The molecule has 0 aromatic heterocycles. The molecule has 0 bridgehead atoms. The summed E-state index contributed by atoms with van der Waals surface area (Å²) >= 11 is 0. The van der Waals surface area contributed by atoms with Gasteiger partial charge >= 0.3 is 38.7 Å². The number of hydrogen-bond acceptors (Lipinski definition) is 4. The van der Waals surface area contributed by atoms with Crippen LogP contribution in [0.1, 0.15) is 2.85 Å². The van der Waals surface area contributed by atoms with Crippen LogP contribution in [0.5, 0.6) is 0 Å². The van der Waals surface area contributed by atoms with E-state index in [-0.39, 0.29) is 25.9 Å². The molecule has 1 heterocycles. The third-order valence-corrected chi connectivity index (χ3v) is 0.957. The first-order valence-electron chi connectivity index (χ1n) is 3.98. The van der Waals surface area contributed by atoms with Crippen LogP contribution in [-0.4, -0.2) is 78.6 Å². The van der Waals surface area contributed by atoms with Gasteiger partial charge in [0.2, 0.25) is 0 Å². The normalized spacial score (nSPS) is 15.4. The van der Waals surface area contributed by atoms with Crippen molar-refractivity contribution >= 4 is 38.7 Å². The molecule has 1 aliphatic heterocycles. The van der Waals surface area contributed by atoms with Gasteiger partial charge in [-0.2, -0.15) is 0 Å². The van der Waals surface area contributed by atoms with Crippen molar-refractivity contribution in [2.45, 2.75) is 0 Å². The van der Waals surface area contributed by atoms with E-state index in [4.69, 9.17) is 38.5 Å². The predicted octanol–water partition coefficient (Wildman–Crippen LogP) is -2.83. The van der Waals surface area contributed by atoms with Gasteiger partial charge in [0.25, 0.3) is 0 Å². The van der Waals surface area contributed by atoms with Gasteiger partial charge in [-0.1, -0.05) is 0 Å². The molecule has 1 fully saturated rings. The minimum Gasteiger partial charge on any atom is -1.00 e. The Morgan fingerprint density at radius 3 is 0.882 bits per heavy atom. The van der Waals surface area contributed by atoms with E-state index in [9.17, 15) is 0 Å². The smallest absolute Gasteiger partial charge is 1.00 e. The van der Waals surface area contributed by atoms with Crippen LogP contribution in [0, 0.1) is 0 Å². The monoisotopic (exact) mass is 308 g/mol.